The topological polar surface area (TPSA) is 120 Å². The SMILES string of the molecule is CN(c1ncc(-c2ccc(-c3ccc(=O)[nH]n3)cc2O)nn1)C1CC(C)(C)NC(C)(C)C1. The number of hydrogen-bond acceptors (Lipinski definition) is 8. The van der Waals surface area contributed by atoms with Crippen molar-refractivity contribution >= 4 is 5.95 Å². The van der Waals surface area contributed by atoms with E-state index in [4.69, 9.17) is 0 Å². The molecular formula is C23H29N7O2. The van der Waals surface area contributed by atoms with E-state index in [-0.39, 0.29) is 28.4 Å². The summed E-state index contributed by atoms with van der Waals surface area (Å²) in [6, 6.07) is 8.40. The van der Waals surface area contributed by atoms with Gasteiger partial charge in [0, 0.05) is 41.4 Å². The van der Waals surface area contributed by atoms with Crippen LogP contribution in [-0.2, 0) is 0 Å². The molecule has 2 aromatic heterocycles. The smallest absolute Gasteiger partial charge is 0.264 e. The number of aromatic hydroxyl groups is 1. The maximum Gasteiger partial charge on any atom is 0.264 e. The first kappa shape index (κ1) is 21.9. The number of phenolic OH excluding ortho intramolecular Hbond substituents is 1. The Bertz CT molecular complexity index is 1140. The average molecular weight is 436 g/mol. The number of aromatic amines is 1. The van der Waals surface area contributed by atoms with Crippen molar-refractivity contribution in [1.82, 2.24) is 30.7 Å². The van der Waals surface area contributed by atoms with Crippen LogP contribution in [0.1, 0.15) is 40.5 Å². The quantitative estimate of drug-likeness (QED) is 0.572. The highest BCUT2D eigenvalue weighted by molar-refractivity contribution is 5.72. The summed E-state index contributed by atoms with van der Waals surface area (Å²) in [5.41, 5.74) is 1.99. The van der Waals surface area contributed by atoms with E-state index in [1.807, 2.05) is 7.05 Å². The van der Waals surface area contributed by atoms with Crippen LogP contribution in [0.3, 0.4) is 0 Å². The highest BCUT2D eigenvalue weighted by Crippen LogP contribution is 2.33. The molecule has 168 valence electrons. The molecule has 0 saturated carbocycles. The fourth-order valence-electron chi connectivity index (χ4n) is 4.67. The summed E-state index contributed by atoms with van der Waals surface area (Å²) >= 11 is 0. The normalized spacial score (nSPS) is 17.8. The Kier molecular flexibility index (Phi) is 5.46. The highest BCUT2D eigenvalue weighted by atomic mass is 16.3. The molecule has 3 heterocycles. The molecule has 0 aliphatic carbocycles. The second-order valence-corrected chi connectivity index (χ2v) is 9.75. The minimum Gasteiger partial charge on any atom is -0.507 e. The Morgan fingerprint density at radius 1 is 1.03 bits per heavy atom. The fraction of sp³-hybridized carbons (Fsp3) is 0.435. The number of hydrogen-bond donors (Lipinski definition) is 3. The van der Waals surface area contributed by atoms with Gasteiger partial charge in [0.2, 0.25) is 5.95 Å². The molecule has 3 N–H and O–H groups in total. The molecule has 9 nitrogen and oxygen atoms in total. The third-order valence-corrected chi connectivity index (χ3v) is 5.83. The van der Waals surface area contributed by atoms with Crippen molar-refractivity contribution in [1.29, 1.82) is 0 Å². The van der Waals surface area contributed by atoms with Gasteiger partial charge in [-0.05, 0) is 58.7 Å². The van der Waals surface area contributed by atoms with Crippen molar-refractivity contribution in [3.05, 3.63) is 46.9 Å². The lowest BCUT2D eigenvalue weighted by molar-refractivity contribution is 0.160. The van der Waals surface area contributed by atoms with Gasteiger partial charge in [-0.25, -0.2) is 10.1 Å². The molecule has 0 unspecified atom stereocenters. The highest BCUT2D eigenvalue weighted by Gasteiger charge is 2.39. The number of anilines is 1. The standard InChI is InChI=1S/C23H29N7O2/c1-22(2)11-15(12-23(3,4)29-22)30(5)21-24-13-18(26-28-21)16-7-6-14(10-19(16)31)17-8-9-20(32)27-25-17/h6-10,13,15,29,31H,11-12H2,1-5H3,(H,27,32). The second-order valence-electron chi connectivity index (χ2n) is 9.75. The number of piperidine rings is 1. The predicted octanol–water partition coefficient (Wildman–Crippen LogP) is 2.74. The lowest BCUT2D eigenvalue weighted by atomic mass is 9.79. The van der Waals surface area contributed by atoms with Gasteiger partial charge in [0.25, 0.3) is 5.56 Å². The Hall–Kier alpha value is -3.33. The van der Waals surface area contributed by atoms with Crippen LogP contribution >= 0.6 is 0 Å². The minimum atomic E-state index is -0.280. The molecule has 0 spiro atoms. The van der Waals surface area contributed by atoms with E-state index in [2.05, 4.69) is 63.3 Å². The predicted molar refractivity (Wildman–Crippen MR) is 123 cm³/mol. The van der Waals surface area contributed by atoms with Gasteiger partial charge in [0.15, 0.2) is 0 Å². The second kappa shape index (κ2) is 7.98. The van der Waals surface area contributed by atoms with Crippen LogP contribution < -0.4 is 15.8 Å². The van der Waals surface area contributed by atoms with Crippen molar-refractivity contribution in [2.75, 3.05) is 11.9 Å². The number of nitrogens with one attached hydrogen (secondary N) is 2. The summed E-state index contributed by atoms with van der Waals surface area (Å²) in [7, 11) is 2.00. The van der Waals surface area contributed by atoms with Crippen molar-refractivity contribution in [3.63, 3.8) is 0 Å². The molecule has 32 heavy (non-hydrogen) atoms. The Labute approximate surface area is 186 Å². The number of phenols is 1. The maximum absolute atomic E-state index is 11.2. The van der Waals surface area contributed by atoms with Crippen LogP contribution in [0, 0.1) is 0 Å². The summed E-state index contributed by atoms with van der Waals surface area (Å²) in [6.45, 7) is 8.86. The number of aromatic nitrogens is 5. The van der Waals surface area contributed by atoms with Crippen LogP contribution in [0.25, 0.3) is 22.5 Å². The van der Waals surface area contributed by atoms with Gasteiger partial charge in [-0.2, -0.15) is 5.10 Å². The molecular weight excluding hydrogens is 406 g/mol. The van der Waals surface area contributed by atoms with Gasteiger partial charge in [-0.15, -0.1) is 10.2 Å². The van der Waals surface area contributed by atoms with Gasteiger partial charge in [-0.3, -0.25) is 4.79 Å². The third-order valence-electron chi connectivity index (χ3n) is 5.83. The van der Waals surface area contributed by atoms with E-state index in [1.54, 1.807) is 30.5 Å². The van der Waals surface area contributed by atoms with Crippen molar-refractivity contribution in [2.24, 2.45) is 0 Å². The minimum absolute atomic E-state index is 0.0161. The summed E-state index contributed by atoms with van der Waals surface area (Å²) < 4.78 is 0. The zero-order valence-electron chi connectivity index (χ0n) is 19.0. The lowest BCUT2D eigenvalue weighted by Crippen LogP contribution is -2.62. The van der Waals surface area contributed by atoms with Crippen molar-refractivity contribution in [3.8, 4) is 28.3 Å². The van der Waals surface area contributed by atoms with E-state index in [0.29, 0.717) is 28.5 Å². The van der Waals surface area contributed by atoms with E-state index in [1.165, 1.54) is 6.07 Å². The molecule has 0 amide bonds. The van der Waals surface area contributed by atoms with Crippen LogP contribution in [0.15, 0.2) is 41.3 Å². The molecule has 1 aromatic carbocycles. The summed E-state index contributed by atoms with van der Waals surface area (Å²) in [4.78, 5) is 17.8. The van der Waals surface area contributed by atoms with E-state index < -0.39 is 0 Å². The monoisotopic (exact) mass is 435 g/mol. The van der Waals surface area contributed by atoms with Gasteiger partial charge in [-0.1, -0.05) is 6.07 Å². The Morgan fingerprint density at radius 2 is 1.75 bits per heavy atom. The van der Waals surface area contributed by atoms with E-state index in [0.717, 1.165) is 12.8 Å². The molecule has 1 aliphatic rings. The number of rotatable bonds is 4. The first-order valence-electron chi connectivity index (χ1n) is 10.6. The number of nitrogens with zero attached hydrogens (tertiary/aromatic N) is 5. The fourth-order valence-corrected chi connectivity index (χ4v) is 4.67. The largest absolute Gasteiger partial charge is 0.507 e. The molecule has 3 aromatic rings. The molecule has 9 heteroatoms. The average Bonchev–Trinajstić information content (AvgIpc) is 2.72. The van der Waals surface area contributed by atoms with Gasteiger partial charge < -0.3 is 15.3 Å². The summed E-state index contributed by atoms with van der Waals surface area (Å²) in [6.07, 6.45) is 3.57. The van der Waals surface area contributed by atoms with E-state index in [9.17, 15) is 9.90 Å². The van der Waals surface area contributed by atoms with Crippen LogP contribution in [-0.4, -0.2) is 54.7 Å². The molecule has 4 rings (SSSR count). The Morgan fingerprint density at radius 3 is 2.31 bits per heavy atom. The number of H-pyrrole nitrogens is 1. The molecule has 0 bridgehead atoms. The first-order valence-corrected chi connectivity index (χ1v) is 10.6. The first-order chi connectivity index (χ1) is 15.0. The molecule has 1 saturated heterocycles. The van der Waals surface area contributed by atoms with Crippen LogP contribution in [0.5, 0.6) is 5.75 Å². The molecule has 1 aliphatic heterocycles. The van der Waals surface area contributed by atoms with Gasteiger partial charge in [0.05, 0.1) is 11.9 Å². The van der Waals surface area contributed by atoms with Crippen molar-refractivity contribution < 1.29 is 5.11 Å². The summed E-state index contributed by atoms with van der Waals surface area (Å²) in [5.74, 6) is 0.593. The summed E-state index contributed by atoms with van der Waals surface area (Å²) in [5, 5.41) is 29.3. The zero-order valence-corrected chi connectivity index (χ0v) is 19.0. The van der Waals surface area contributed by atoms with Gasteiger partial charge in [0.1, 0.15) is 11.4 Å². The van der Waals surface area contributed by atoms with Crippen LogP contribution in [0.2, 0.25) is 0 Å². The Balaban J connectivity index is 1.54. The molecule has 1 fully saturated rings. The molecule has 0 atom stereocenters. The third kappa shape index (κ3) is 4.62. The van der Waals surface area contributed by atoms with Gasteiger partial charge >= 0.3 is 0 Å². The van der Waals surface area contributed by atoms with Crippen molar-refractivity contribution in [2.45, 2.75) is 57.7 Å². The van der Waals surface area contributed by atoms with Crippen LogP contribution in [0.4, 0.5) is 5.95 Å². The zero-order chi connectivity index (χ0) is 23.1. The number of benzene rings is 1. The molecule has 0 radical (unpaired) electrons. The lowest BCUT2D eigenvalue weighted by Gasteiger charge is -2.48. The van der Waals surface area contributed by atoms with E-state index >= 15 is 0 Å². The maximum atomic E-state index is 11.2.